The summed E-state index contributed by atoms with van der Waals surface area (Å²) in [6.45, 7) is 3.65. The van der Waals surface area contributed by atoms with Gasteiger partial charge in [0.2, 0.25) is 0 Å². The Bertz CT molecular complexity index is 667. The first-order chi connectivity index (χ1) is 11.0. The summed E-state index contributed by atoms with van der Waals surface area (Å²) in [6.07, 6.45) is 0.692. The molecule has 0 N–H and O–H groups in total. The van der Waals surface area contributed by atoms with Gasteiger partial charge in [-0.15, -0.1) is 11.3 Å². The molecule has 0 atom stereocenters. The van der Waals surface area contributed by atoms with Crippen LogP contribution < -0.4 is 0 Å². The number of hydrogen-bond donors (Lipinski definition) is 0. The van der Waals surface area contributed by atoms with Crippen molar-refractivity contribution >= 4 is 23.2 Å². The number of ether oxygens (including phenoxy) is 1. The van der Waals surface area contributed by atoms with Gasteiger partial charge in [0.15, 0.2) is 0 Å². The van der Waals surface area contributed by atoms with Gasteiger partial charge in [-0.25, -0.2) is 4.98 Å². The van der Waals surface area contributed by atoms with Crippen molar-refractivity contribution in [2.75, 3.05) is 13.7 Å². The Balaban J connectivity index is 2.11. The predicted molar refractivity (Wildman–Crippen MR) is 89.6 cm³/mol. The summed E-state index contributed by atoms with van der Waals surface area (Å²) in [5.41, 5.74) is 1.52. The van der Waals surface area contributed by atoms with E-state index in [-0.39, 0.29) is 18.5 Å². The third kappa shape index (κ3) is 4.63. The number of thiazole rings is 1. The lowest BCUT2D eigenvalue weighted by molar-refractivity contribution is -0.141. The molecule has 0 aliphatic carbocycles. The van der Waals surface area contributed by atoms with E-state index in [2.05, 4.69) is 9.72 Å². The van der Waals surface area contributed by atoms with Gasteiger partial charge < -0.3 is 9.64 Å². The Morgan fingerprint density at radius 2 is 1.96 bits per heavy atom. The number of aromatic nitrogens is 1. The van der Waals surface area contributed by atoms with Crippen LogP contribution in [-0.4, -0.2) is 41.5 Å². The number of amides is 1. The molecule has 0 radical (unpaired) electrons. The summed E-state index contributed by atoms with van der Waals surface area (Å²) >= 11 is 1.45. The maximum atomic E-state index is 12.6. The number of carbonyl (C=O) groups excluding carboxylic acids is 2. The highest BCUT2D eigenvalue weighted by Crippen LogP contribution is 2.17. The molecule has 1 heterocycles. The quantitative estimate of drug-likeness (QED) is 0.763. The zero-order chi connectivity index (χ0) is 16.8. The summed E-state index contributed by atoms with van der Waals surface area (Å²) < 4.78 is 4.65. The van der Waals surface area contributed by atoms with Gasteiger partial charge in [-0.3, -0.25) is 9.59 Å². The first kappa shape index (κ1) is 17.1. The molecule has 23 heavy (non-hydrogen) atoms. The van der Waals surface area contributed by atoms with E-state index in [1.54, 1.807) is 5.38 Å². The van der Waals surface area contributed by atoms with Gasteiger partial charge in [-0.2, -0.15) is 0 Å². The summed E-state index contributed by atoms with van der Waals surface area (Å²) in [4.78, 5) is 29.9. The summed E-state index contributed by atoms with van der Waals surface area (Å²) in [7, 11) is 1.31. The molecule has 0 unspecified atom stereocenters. The summed E-state index contributed by atoms with van der Waals surface area (Å²) in [6, 6.07) is 9.87. The minimum atomic E-state index is -0.438. The van der Waals surface area contributed by atoms with Gasteiger partial charge in [0.25, 0.3) is 5.91 Å². The van der Waals surface area contributed by atoms with Gasteiger partial charge in [-0.1, -0.05) is 30.3 Å². The van der Waals surface area contributed by atoms with Crippen LogP contribution in [0.4, 0.5) is 0 Å². The summed E-state index contributed by atoms with van der Waals surface area (Å²) in [5.74, 6) is -0.687. The molecule has 1 aromatic carbocycles. The van der Waals surface area contributed by atoms with Gasteiger partial charge >= 0.3 is 5.97 Å². The highest BCUT2D eigenvalue weighted by molar-refractivity contribution is 7.09. The molecule has 0 bridgehead atoms. The lowest BCUT2D eigenvalue weighted by atomic mass is 10.2. The van der Waals surface area contributed by atoms with E-state index in [1.165, 1.54) is 23.3 Å². The van der Waals surface area contributed by atoms with Crippen molar-refractivity contribution in [2.45, 2.75) is 26.3 Å². The molecule has 0 saturated heterocycles. The number of rotatable bonds is 6. The second-order valence-electron chi connectivity index (χ2n) is 5.39. The van der Waals surface area contributed by atoms with Crippen molar-refractivity contribution in [3.8, 4) is 0 Å². The molecule has 122 valence electrons. The molecule has 6 heteroatoms. The molecule has 0 aliphatic heterocycles. The Hall–Kier alpha value is -2.21. The standard InChI is InChI=1S/C17H20N2O3S/c1-12(2)19(10-16(20)22-3)17(21)14-11-23-15(18-14)9-13-7-5-4-6-8-13/h4-8,11-12H,9-10H2,1-3H3. The third-order valence-corrected chi connectivity index (χ3v) is 4.23. The van der Waals surface area contributed by atoms with E-state index in [1.807, 2.05) is 44.2 Å². The van der Waals surface area contributed by atoms with Crippen LogP contribution in [0.1, 0.15) is 34.9 Å². The van der Waals surface area contributed by atoms with E-state index < -0.39 is 5.97 Å². The van der Waals surface area contributed by atoms with E-state index in [0.717, 1.165) is 10.6 Å². The zero-order valence-corrected chi connectivity index (χ0v) is 14.3. The largest absolute Gasteiger partial charge is 0.468 e. The first-order valence-corrected chi connectivity index (χ1v) is 8.25. The number of carbonyl (C=O) groups is 2. The van der Waals surface area contributed by atoms with Crippen molar-refractivity contribution in [1.82, 2.24) is 9.88 Å². The predicted octanol–water partition coefficient (Wildman–Crippen LogP) is 2.76. The van der Waals surface area contributed by atoms with Crippen molar-refractivity contribution in [2.24, 2.45) is 0 Å². The minimum Gasteiger partial charge on any atom is -0.468 e. The Morgan fingerprint density at radius 1 is 1.26 bits per heavy atom. The normalized spacial score (nSPS) is 10.6. The number of nitrogens with zero attached hydrogens (tertiary/aromatic N) is 2. The van der Waals surface area contributed by atoms with Gasteiger partial charge in [0.1, 0.15) is 12.2 Å². The van der Waals surface area contributed by atoms with Crippen LogP contribution in [0.15, 0.2) is 35.7 Å². The number of benzene rings is 1. The van der Waals surface area contributed by atoms with E-state index in [9.17, 15) is 9.59 Å². The van der Waals surface area contributed by atoms with Crippen LogP contribution in [0, 0.1) is 0 Å². The molecular weight excluding hydrogens is 312 g/mol. The average Bonchev–Trinajstić information content (AvgIpc) is 3.00. The fourth-order valence-corrected chi connectivity index (χ4v) is 2.90. The smallest absolute Gasteiger partial charge is 0.325 e. The number of methoxy groups -OCH3 is 1. The van der Waals surface area contributed by atoms with Crippen LogP contribution in [0.3, 0.4) is 0 Å². The minimum absolute atomic E-state index is 0.0709. The average molecular weight is 332 g/mol. The molecule has 5 nitrogen and oxygen atoms in total. The van der Waals surface area contributed by atoms with Crippen molar-refractivity contribution in [3.63, 3.8) is 0 Å². The second kappa shape index (κ2) is 7.87. The molecule has 0 saturated carbocycles. The Labute approximate surface area is 139 Å². The van der Waals surface area contributed by atoms with E-state index >= 15 is 0 Å². The second-order valence-corrected chi connectivity index (χ2v) is 6.33. The van der Waals surface area contributed by atoms with Crippen LogP contribution in [0.2, 0.25) is 0 Å². The molecule has 1 amide bonds. The van der Waals surface area contributed by atoms with E-state index in [4.69, 9.17) is 0 Å². The maximum Gasteiger partial charge on any atom is 0.325 e. The number of esters is 1. The monoisotopic (exact) mass is 332 g/mol. The van der Waals surface area contributed by atoms with Crippen molar-refractivity contribution in [3.05, 3.63) is 52.0 Å². The molecular formula is C17H20N2O3S. The van der Waals surface area contributed by atoms with Gasteiger partial charge in [0, 0.05) is 17.8 Å². The third-order valence-electron chi connectivity index (χ3n) is 3.38. The molecule has 0 aliphatic rings. The Morgan fingerprint density at radius 3 is 2.57 bits per heavy atom. The fourth-order valence-electron chi connectivity index (χ4n) is 2.10. The SMILES string of the molecule is COC(=O)CN(C(=O)c1csc(Cc2ccccc2)n1)C(C)C. The highest BCUT2D eigenvalue weighted by Gasteiger charge is 2.24. The van der Waals surface area contributed by atoms with Crippen LogP contribution in [0.25, 0.3) is 0 Å². The Kier molecular flexibility index (Phi) is 5.87. The molecule has 1 aromatic heterocycles. The van der Waals surface area contributed by atoms with Crippen molar-refractivity contribution in [1.29, 1.82) is 0 Å². The fraction of sp³-hybridized carbons (Fsp3) is 0.353. The van der Waals surface area contributed by atoms with Crippen molar-refractivity contribution < 1.29 is 14.3 Å². The molecule has 2 rings (SSSR count). The van der Waals surface area contributed by atoms with Gasteiger partial charge in [-0.05, 0) is 19.4 Å². The van der Waals surface area contributed by atoms with E-state index in [0.29, 0.717) is 12.1 Å². The molecule has 0 fully saturated rings. The highest BCUT2D eigenvalue weighted by atomic mass is 32.1. The topological polar surface area (TPSA) is 59.5 Å². The molecule has 2 aromatic rings. The van der Waals surface area contributed by atoms with Crippen LogP contribution >= 0.6 is 11.3 Å². The zero-order valence-electron chi connectivity index (χ0n) is 13.5. The first-order valence-electron chi connectivity index (χ1n) is 7.37. The lowest BCUT2D eigenvalue weighted by Crippen LogP contribution is -2.41. The van der Waals surface area contributed by atoms with Crippen LogP contribution in [-0.2, 0) is 16.0 Å². The molecule has 0 spiro atoms. The maximum absolute atomic E-state index is 12.6. The van der Waals surface area contributed by atoms with Crippen LogP contribution in [0.5, 0.6) is 0 Å². The lowest BCUT2D eigenvalue weighted by Gasteiger charge is -2.24. The summed E-state index contributed by atoms with van der Waals surface area (Å²) in [5, 5.41) is 2.62. The number of hydrogen-bond acceptors (Lipinski definition) is 5. The van der Waals surface area contributed by atoms with Gasteiger partial charge in [0.05, 0.1) is 12.1 Å².